The number of carboxylic acid groups (broad SMARTS) is 1. The number of rotatable bonds is 2. The largest absolute Gasteiger partial charge is 0.480 e. The first-order valence-electron chi connectivity index (χ1n) is 4.64. The predicted octanol–water partition coefficient (Wildman–Crippen LogP) is -0.287. The fraction of sp³-hybridized carbons (Fsp3) is 0.714. The Kier molecular flexibility index (Phi) is 2.78. The summed E-state index contributed by atoms with van der Waals surface area (Å²) in [5.74, 6) is -0.835. The van der Waals surface area contributed by atoms with Crippen molar-refractivity contribution in [1.82, 2.24) is 25.5 Å². The number of nitrogens with zero attached hydrogens (tertiary/aromatic N) is 3. The standard InChI is InChI=1S/C7H11N5O2S/c13-6(14)5-3-4(1-2-8-5)12-7(15)9-10-11-12/h4-5,8H,1-3H2,(H,13,14)(H,9,11,15)/t4?,5-/m0/s1. The quantitative estimate of drug-likeness (QED) is 0.603. The Hall–Kier alpha value is -1.28. The molecule has 82 valence electrons. The van der Waals surface area contributed by atoms with Crippen LogP contribution in [0.15, 0.2) is 0 Å². The Bertz CT molecular complexity index is 414. The lowest BCUT2D eigenvalue weighted by atomic mass is 10.00. The molecule has 0 saturated carbocycles. The van der Waals surface area contributed by atoms with E-state index in [1.807, 2.05) is 0 Å². The third kappa shape index (κ3) is 2.05. The van der Waals surface area contributed by atoms with Gasteiger partial charge in [-0.25, -0.2) is 4.68 Å². The molecule has 1 aliphatic heterocycles. The minimum atomic E-state index is -0.835. The second-order valence-corrected chi connectivity index (χ2v) is 3.84. The molecule has 1 fully saturated rings. The molecule has 0 aromatic carbocycles. The van der Waals surface area contributed by atoms with Gasteiger partial charge in [-0.2, -0.15) is 5.21 Å². The molecular weight excluding hydrogens is 218 g/mol. The lowest BCUT2D eigenvalue weighted by Gasteiger charge is -2.27. The summed E-state index contributed by atoms with van der Waals surface area (Å²) in [4.78, 5) is 10.8. The minimum absolute atomic E-state index is 0.0369. The van der Waals surface area contributed by atoms with Crippen LogP contribution in [0.5, 0.6) is 0 Å². The Morgan fingerprint density at radius 3 is 3.07 bits per heavy atom. The van der Waals surface area contributed by atoms with Gasteiger partial charge in [0.2, 0.25) is 4.77 Å². The van der Waals surface area contributed by atoms with E-state index in [1.54, 1.807) is 4.68 Å². The summed E-state index contributed by atoms with van der Waals surface area (Å²) in [5.41, 5.74) is 0. The highest BCUT2D eigenvalue weighted by molar-refractivity contribution is 7.71. The van der Waals surface area contributed by atoms with E-state index >= 15 is 0 Å². The topological polar surface area (TPSA) is 95.8 Å². The van der Waals surface area contributed by atoms with Crippen molar-refractivity contribution in [3.05, 3.63) is 4.77 Å². The van der Waals surface area contributed by atoms with Gasteiger partial charge >= 0.3 is 5.97 Å². The van der Waals surface area contributed by atoms with Crippen LogP contribution in [0.4, 0.5) is 0 Å². The summed E-state index contributed by atoms with van der Waals surface area (Å²) < 4.78 is 2.01. The summed E-state index contributed by atoms with van der Waals surface area (Å²) in [6.45, 7) is 0.655. The zero-order valence-corrected chi connectivity index (χ0v) is 8.70. The van der Waals surface area contributed by atoms with Crippen LogP contribution >= 0.6 is 12.2 Å². The molecule has 0 spiro atoms. The van der Waals surface area contributed by atoms with Gasteiger partial charge in [0.15, 0.2) is 0 Å². The molecule has 2 heterocycles. The number of aromatic amines is 1. The van der Waals surface area contributed by atoms with Crippen LogP contribution in [-0.4, -0.2) is 43.9 Å². The molecule has 1 saturated heterocycles. The van der Waals surface area contributed by atoms with Gasteiger partial charge in [-0.1, -0.05) is 10.3 Å². The third-order valence-corrected chi connectivity index (χ3v) is 2.81. The number of tetrazole rings is 1. The van der Waals surface area contributed by atoms with Crippen molar-refractivity contribution in [2.75, 3.05) is 6.54 Å². The Labute approximate surface area is 90.5 Å². The molecule has 0 aliphatic carbocycles. The van der Waals surface area contributed by atoms with Gasteiger partial charge in [-0.3, -0.25) is 4.79 Å². The van der Waals surface area contributed by atoms with E-state index in [-0.39, 0.29) is 6.04 Å². The molecule has 2 rings (SSSR count). The predicted molar refractivity (Wildman–Crippen MR) is 52.9 cm³/mol. The normalized spacial score (nSPS) is 26.4. The number of carboxylic acids is 1. The maximum Gasteiger partial charge on any atom is 0.320 e. The Morgan fingerprint density at radius 2 is 2.47 bits per heavy atom. The molecule has 0 bridgehead atoms. The highest BCUT2D eigenvalue weighted by Crippen LogP contribution is 2.20. The van der Waals surface area contributed by atoms with Crippen molar-refractivity contribution in [3.8, 4) is 0 Å². The van der Waals surface area contributed by atoms with E-state index in [9.17, 15) is 4.79 Å². The number of hydrogen-bond acceptors (Lipinski definition) is 5. The average Bonchev–Trinajstić information content (AvgIpc) is 2.64. The number of hydrogen-bond donors (Lipinski definition) is 3. The van der Waals surface area contributed by atoms with Crippen molar-refractivity contribution >= 4 is 18.2 Å². The summed E-state index contributed by atoms with van der Waals surface area (Å²) in [6.07, 6.45) is 1.31. The minimum Gasteiger partial charge on any atom is -0.480 e. The zero-order chi connectivity index (χ0) is 10.8. The number of aliphatic carboxylic acids is 1. The highest BCUT2D eigenvalue weighted by atomic mass is 32.1. The van der Waals surface area contributed by atoms with Gasteiger partial charge in [-0.15, -0.1) is 0 Å². The van der Waals surface area contributed by atoms with Crippen LogP contribution in [0.25, 0.3) is 0 Å². The number of piperidine rings is 1. The third-order valence-electron chi connectivity index (χ3n) is 2.53. The van der Waals surface area contributed by atoms with Crippen LogP contribution < -0.4 is 5.32 Å². The van der Waals surface area contributed by atoms with Crippen LogP contribution in [-0.2, 0) is 4.79 Å². The molecule has 7 nitrogen and oxygen atoms in total. The van der Waals surface area contributed by atoms with E-state index in [2.05, 4.69) is 20.8 Å². The number of H-pyrrole nitrogens is 1. The van der Waals surface area contributed by atoms with E-state index in [0.29, 0.717) is 17.7 Å². The average molecular weight is 229 g/mol. The molecule has 0 amide bonds. The maximum atomic E-state index is 10.8. The van der Waals surface area contributed by atoms with Crippen molar-refractivity contribution < 1.29 is 9.90 Å². The summed E-state index contributed by atoms with van der Waals surface area (Å²) in [5, 5.41) is 21.7. The Morgan fingerprint density at radius 1 is 1.67 bits per heavy atom. The van der Waals surface area contributed by atoms with Gasteiger partial charge in [-0.05, 0) is 31.6 Å². The number of aromatic nitrogens is 4. The monoisotopic (exact) mass is 229 g/mol. The first-order valence-corrected chi connectivity index (χ1v) is 5.05. The zero-order valence-electron chi connectivity index (χ0n) is 7.88. The molecule has 8 heteroatoms. The van der Waals surface area contributed by atoms with Crippen LogP contribution in [0.2, 0.25) is 0 Å². The smallest absolute Gasteiger partial charge is 0.320 e. The molecule has 1 unspecified atom stereocenters. The molecular formula is C7H11N5O2S. The fourth-order valence-corrected chi connectivity index (χ4v) is 1.99. The molecule has 1 aromatic rings. The first-order chi connectivity index (χ1) is 7.18. The van der Waals surface area contributed by atoms with Crippen molar-refractivity contribution in [2.45, 2.75) is 24.9 Å². The molecule has 0 radical (unpaired) electrons. The van der Waals surface area contributed by atoms with E-state index in [4.69, 9.17) is 17.3 Å². The second kappa shape index (κ2) is 4.07. The van der Waals surface area contributed by atoms with Gasteiger partial charge in [0.1, 0.15) is 6.04 Å². The number of carbonyl (C=O) groups is 1. The Balaban J connectivity index is 2.14. The van der Waals surface area contributed by atoms with Crippen LogP contribution in [0.3, 0.4) is 0 Å². The van der Waals surface area contributed by atoms with E-state index < -0.39 is 12.0 Å². The van der Waals surface area contributed by atoms with Gasteiger partial charge in [0, 0.05) is 0 Å². The van der Waals surface area contributed by atoms with Crippen molar-refractivity contribution in [3.63, 3.8) is 0 Å². The SMILES string of the molecule is O=C(O)[C@@H]1CC(n2[nH]nnc2=S)CCN1. The summed E-state index contributed by atoms with van der Waals surface area (Å²) in [7, 11) is 0. The second-order valence-electron chi connectivity index (χ2n) is 3.48. The van der Waals surface area contributed by atoms with Crippen molar-refractivity contribution in [2.24, 2.45) is 0 Å². The van der Waals surface area contributed by atoms with Gasteiger partial charge in [0.05, 0.1) is 6.04 Å². The fourth-order valence-electron chi connectivity index (χ4n) is 1.76. The van der Waals surface area contributed by atoms with Gasteiger partial charge < -0.3 is 10.4 Å². The molecule has 3 N–H and O–H groups in total. The molecule has 2 atom stereocenters. The highest BCUT2D eigenvalue weighted by Gasteiger charge is 2.28. The lowest BCUT2D eigenvalue weighted by molar-refractivity contribution is -0.140. The summed E-state index contributed by atoms with van der Waals surface area (Å²) in [6, 6.07) is -0.483. The number of nitrogens with one attached hydrogen (secondary N) is 2. The van der Waals surface area contributed by atoms with Crippen LogP contribution in [0.1, 0.15) is 18.9 Å². The molecule has 15 heavy (non-hydrogen) atoms. The molecule has 1 aromatic heterocycles. The van der Waals surface area contributed by atoms with Crippen molar-refractivity contribution in [1.29, 1.82) is 0 Å². The lowest BCUT2D eigenvalue weighted by Crippen LogP contribution is -2.44. The van der Waals surface area contributed by atoms with Gasteiger partial charge in [0.25, 0.3) is 0 Å². The van der Waals surface area contributed by atoms with Crippen LogP contribution in [0, 0.1) is 4.77 Å². The van der Waals surface area contributed by atoms with E-state index in [1.165, 1.54) is 0 Å². The summed E-state index contributed by atoms with van der Waals surface area (Å²) >= 11 is 4.96. The first kappa shape index (κ1) is 10.2. The van der Waals surface area contributed by atoms with E-state index in [0.717, 1.165) is 6.42 Å². The maximum absolute atomic E-state index is 10.8. The molecule has 1 aliphatic rings.